The Morgan fingerprint density at radius 1 is 1.36 bits per heavy atom. The van der Waals surface area contributed by atoms with Crippen LogP contribution in [0.3, 0.4) is 0 Å². The van der Waals surface area contributed by atoms with E-state index >= 15 is 0 Å². The zero-order chi connectivity index (χ0) is 9.97. The van der Waals surface area contributed by atoms with Crippen LogP contribution in [0.1, 0.15) is 0 Å². The summed E-state index contributed by atoms with van der Waals surface area (Å²) in [6.45, 7) is 0. The van der Waals surface area contributed by atoms with Crippen LogP contribution in [0.4, 0.5) is 0 Å². The van der Waals surface area contributed by atoms with Gasteiger partial charge in [-0.25, -0.2) is 0 Å². The molecule has 1 heterocycles. The summed E-state index contributed by atoms with van der Waals surface area (Å²) in [6.07, 6.45) is 3.88. The van der Waals surface area contributed by atoms with Gasteiger partial charge in [-0.1, -0.05) is 18.0 Å². The lowest BCUT2D eigenvalue weighted by Crippen LogP contribution is -1.79. The predicted octanol–water partition coefficient (Wildman–Crippen LogP) is 2.77. The molecule has 0 radical (unpaired) electrons. The van der Waals surface area contributed by atoms with E-state index in [2.05, 4.69) is 46.6 Å². The molecule has 0 fully saturated rings. The van der Waals surface area contributed by atoms with Crippen molar-refractivity contribution in [3.63, 3.8) is 0 Å². The van der Waals surface area contributed by atoms with E-state index in [0.717, 1.165) is 5.69 Å². The molecular formula is C11H12N2S. The van der Waals surface area contributed by atoms with Gasteiger partial charge in [0.25, 0.3) is 0 Å². The first-order valence-corrected chi connectivity index (χ1v) is 6.13. The molecule has 0 bridgehead atoms. The second-order valence-electron chi connectivity index (χ2n) is 3.14. The Balaban J connectivity index is 2.46. The number of hydrogen-bond donors (Lipinski definition) is 1. The van der Waals surface area contributed by atoms with Crippen LogP contribution in [0.5, 0.6) is 0 Å². The van der Waals surface area contributed by atoms with Crippen molar-refractivity contribution in [2.24, 2.45) is 0 Å². The van der Waals surface area contributed by atoms with Gasteiger partial charge >= 0.3 is 0 Å². The van der Waals surface area contributed by atoms with Gasteiger partial charge in [0.15, 0.2) is 0 Å². The normalized spacial score (nSPS) is 12.6. The lowest BCUT2D eigenvalue weighted by Gasteiger charge is -2.03. The average Bonchev–Trinajstić information content (AvgIpc) is 2.71. The van der Waals surface area contributed by atoms with Crippen LogP contribution in [0.25, 0.3) is 11.3 Å². The number of hydrogen-bond acceptors (Lipinski definition) is 1. The Morgan fingerprint density at radius 3 is 2.86 bits per heavy atom. The van der Waals surface area contributed by atoms with E-state index in [9.17, 15) is 0 Å². The lowest BCUT2D eigenvalue weighted by molar-refractivity contribution is 1.09. The van der Waals surface area contributed by atoms with E-state index in [0.29, 0.717) is 0 Å². The molecule has 2 nitrogen and oxygen atoms in total. The lowest BCUT2D eigenvalue weighted by atomic mass is 10.2. The number of rotatable bonds is 2. The molecule has 0 saturated carbocycles. The smallest absolute Gasteiger partial charge is 0.0650 e. The van der Waals surface area contributed by atoms with Gasteiger partial charge in [-0.05, 0) is 24.5 Å². The summed E-state index contributed by atoms with van der Waals surface area (Å²) in [6, 6.07) is 10.4. The molecule has 3 heteroatoms. The van der Waals surface area contributed by atoms with Gasteiger partial charge in [-0.15, -0.1) is 0 Å². The van der Waals surface area contributed by atoms with Gasteiger partial charge in [0.2, 0.25) is 0 Å². The molecule has 2 aromatic rings. The average molecular weight is 204 g/mol. The molecule has 1 unspecified atom stereocenters. The van der Waals surface area contributed by atoms with Crippen LogP contribution in [0.2, 0.25) is 0 Å². The molecule has 1 aromatic carbocycles. The van der Waals surface area contributed by atoms with Crippen molar-refractivity contribution in [3.05, 3.63) is 36.5 Å². The van der Waals surface area contributed by atoms with Gasteiger partial charge in [-0.2, -0.15) is 15.6 Å². The van der Waals surface area contributed by atoms with Crippen molar-refractivity contribution in [1.29, 1.82) is 0 Å². The highest BCUT2D eigenvalue weighted by molar-refractivity contribution is 8.13. The molecule has 2 rings (SSSR count). The maximum absolute atomic E-state index is 4.03. The zero-order valence-corrected chi connectivity index (χ0v) is 8.84. The monoisotopic (exact) mass is 204 g/mol. The van der Waals surface area contributed by atoms with Crippen molar-refractivity contribution < 1.29 is 0 Å². The SMILES string of the molecule is C=S(C)c1cccc(-c2ccn[nH]2)c1. The van der Waals surface area contributed by atoms with Gasteiger partial charge in [0, 0.05) is 16.7 Å². The highest BCUT2D eigenvalue weighted by Gasteiger charge is 1.99. The summed E-state index contributed by atoms with van der Waals surface area (Å²) in [5, 5.41) is 6.89. The minimum Gasteiger partial charge on any atom is -0.278 e. The van der Waals surface area contributed by atoms with Gasteiger partial charge in [0.1, 0.15) is 0 Å². The van der Waals surface area contributed by atoms with Crippen molar-refractivity contribution in [3.8, 4) is 11.3 Å². The third-order valence-electron chi connectivity index (χ3n) is 2.05. The minimum atomic E-state index is 0.0649. The number of aromatic amines is 1. The van der Waals surface area contributed by atoms with Crippen molar-refractivity contribution in [2.45, 2.75) is 4.90 Å². The summed E-state index contributed by atoms with van der Waals surface area (Å²) in [5.74, 6) is 4.03. The fourth-order valence-corrected chi connectivity index (χ4v) is 1.94. The third kappa shape index (κ3) is 1.77. The first kappa shape index (κ1) is 9.21. The number of benzene rings is 1. The highest BCUT2D eigenvalue weighted by Crippen LogP contribution is 2.25. The van der Waals surface area contributed by atoms with E-state index < -0.39 is 0 Å². The Bertz CT molecular complexity index is 446. The van der Waals surface area contributed by atoms with Gasteiger partial charge in [0.05, 0.1) is 5.69 Å². The van der Waals surface area contributed by atoms with Crippen LogP contribution >= 0.6 is 10.5 Å². The summed E-state index contributed by atoms with van der Waals surface area (Å²) in [4.78, 5) is 1.28. The molecule has 0 aliphatic carbocycles. The van der Waals surface area contributed by atoms with E-state index in [1.165, 1.54) is 10.5 Å². The Morgan fingerprint density at radius 2 is 2.21 bits per heavy atom. The van der Waals surface area contributed by atoms with E-state index in [1.807, 2.05) is 6.07 Å². The maximum atomic E-state index is 4.03. The first-order valence-electron chi connectivity index (χ1n) is 4.33. The molecule has 0 spiro atoms. The van der Waals surface area contributed by atoms with Crippen LogP contribution < -0.4 is 0 Å². The summed E-state index contributed by atoms with van der Waals surface area (Å²) >= 11 is 0. The van der Waals surface area contributed by atoms with Crippen molar-refractivity contribution >= 4 is 16.4 Å². The quantitative estimate of drug-likeness (QED) is 0.749. The number of nitrogens with one attached hydrogen (secondary N) is 1. The van der Waals surface area contributed by atoms with Crippen LogP contribution in [0.15, 0.2) is 41.4 Å². The topological polar surface area (TPSA) is 28.7 Å². The van der Waals surface area contributed by atoms with Crippen LogP contribution in [-0.2, 0) is 0 Å². The molecule has 0 saturated heterocycles. The molecule has 0 amide bonds. The number of H-pyrrole nitrogens is 1. The van der Waals surface area contributed by atoms with Crippen LogP contribution in [-0.4, -0.2) is 22.3 Å². The summed E-state index contributed by atoms with van der Waals surface area (Å²) < 4.78 is 0. The zero-order valence-electron chi connectivity index (χ0n) is 8.03. The number of nitrogens with zero attached hydrogens (tertiary/aromatic N) is 1. The summed E-state index contributed by atoms with van der Waals surface area (Å²) in [5.41, 5.74) is 2.22. The second kappa shape index (κ2) is 3.80. The van der Waals surface area contributed by atoms with Crippen LogP contribution in [0, 0.1) is 0 Å². The van der Waals surface area contributed by atoms with E-state index in [4.69, 9.17) is 0 Å². The second-order valence-corrected chi connectivity index (χ2v) is 4.88. The Kier molecular flexibility index (Phi) is 2.50. The van der Waals surface area contributed by atoms with Crippen molar-refractivity contribution in [1.82, 2.24) is 10.2 Å². The minimum absolute atomic E-state index is 0.0649. The fraction of sp³-hybridized carbons (Fsp3) is 0.0909. The molecule has 1 aromatic heterocycles. The largest absolute Gasteiger partial charge is 0.278 e. The third-order valence-corrected chi connectivity index (χ3v) is 3.11. The molecule has 0 aliphatic heterocycles. The van der Waals surface area contributed by atoms with E-state index in [1.54, 1.807) is 6.20 Å². The predicted molar refractivity (Wildman–Crippen MR) is 62.9 cm³/mol. The van der Waals surface area contributed by atoms with Gasteiger partial charge < -0.3 is 0 Å². The van der Waals surface area contributed by atoms with Crippen molar-refractivity contribution in [2.75, 3.05) is 6.26 Å². The fourth-order valence-electron chi connectivity index (χ4n) is 1.30. The first-order chi connectivity index (χ1) is 6.77. The maximum Gasteiger partial charge on any atom is 0.0650 e. The molecule has 14 heavy (non-hydrogen) atoms. The standard InChI is InChI=1S/C11H12N2S/c1-14(2)10-5-3-4-9(8-10)11-6-7-12-13-11/h3-8H,1H2,2H3,(H,12,13). The number of aromatic nitrogens is 2. The highest BCUT2D eigenvalue weighted by atomic mass is 32.2. The van der Waals surface area contributed by atoms with Gasteiger partial charge in [-0.3, -0.25) is 5.10 Å². The molecule has 72 valence electrons. The summed E-state index contributed by atoms with van der Waals surface area (Å²) in [7, 11) is 0.0649. The Labute approximate surface area is 85.9 Å². The Hall–Kier alpha value is -1.35. The molecule has 1 atom stereocenters. The van der Waals surface area contributed by atoms with E-state index in [-0.39, 0.29) is 10.5 Å². The molecular weight excluding hydrogens is 192 g/mol. The molecule has 0 aliphatic rings. The molecule has 1 N–H and O–H groups in total.